The summed E-state index contributed by atoms with van der Waals surface area (Å²) in [5, 5.41) is 12.5. The molecule has 1 fully saturated rings. The molecule has 0 radical (unpaired) electrons. The average molecular weight is 442 g/mol. The number of guanidine groups is 1. The second kappa shape index (κ2) is 10.3. The van der Waals surface area contributed by atoms with E-state index in [9.17, 15) is 0 Å². The van der Waals surface area contributed by atoms with E-state index in [1.54, 1.807) is 12.6 Å². The smallest absolute Gasteiger partial charge is 0.194 e. The lowest BCUT2D eigenvalue weighted by atomic mass is 10.2. The Bertz CT molecular complexity index is 977. The molecule has 3 aromatic rings. The fourth-order valence-electron chi connectivity index (χ4n) is 3.70. The number of hydrogen-bond donors (Lipinski definition) is 1. The van der Waals surface area contributed by atoms with Crippen molar-refractivity contribution in [2.24, 2.45) is 4.99 Å². The van der Waals surface area contributed by atoms with Gasteiger partial charge in [0.1, 0.15) is 24.5 Å². The molecule has 3 heterocycles. The maximum Gasteiger partial charge on any atom is 0.194 e. The predicted molar refractivity (Wildman–Crippen MR) is 122 cm³/mol. The fourth-order valence-corrected chi connectivity index (χ4v) is 3.88. The van der Waals surface area contributed by atoms with Gasteiger partial charge in [-0.25, -0.2) is 4.99 Å². The number of benzene rings is 1. The summed E-state index contributed by atoms with van der Waals surface area (Å²) in [7, 11) is 0. The van der Waals surface area contributed by atoms with Crippen molar-refractivity contribution < 1.29 is 4.42 Å². The molecular weight excluding hydrogens is 414 g/mol. The normalized spacial score (nSPS) is 14.8. The van der Waals surface area contributed by atoms with E-state index >= 15 is 0 Å². The van der Waals surface area contributed by atoms with Gasteiger partial charge >= 0.3 is 0 Å². The van der Waals surface area contributed by atoms with E-state index in [0.717, 1.165) is 73.9 Å². The summed E-state index contributed by atoms with van der Waals surface area (Å²) < 4.78 is 7.53. The van der Waals surface area contributed by atoms with Crippen LogP contribution in [0.1, 0.15) is 18.5 Å². The Morgan fingerprint density at radius 1 is 1.19 bits per heavy atom. The molecule has 2 aromatic heterocycles. The monoisotopic (exact) mass is 441 g/mol. The maximum absolute atomic E-state index is 6.17. The van der Waals surface area contributed by atoms with Gasteiger partial charge in [0.05, 0.1) is 6.26 Å². The molecule has 1 aliphatic heterocycles. The molecule has 0 spiro atoms. The third kappa shape index (κ3) is 5.58. The number of piperazine rings is 1. The summed E-state index contributed by atoms with van der Waals surface area (Å²) in [6.07, 6.45) is 4.33. The topological polar surface area (TPSA) is 74.7 Å². The van der Waals surface area contributed by atoms with E-state index < -0.39 is 0 Å². The maximum atomic E-state index is 6.17. The molecule has 0 amide bonds. The van der Waals surface area contributed by atoms with Crippen molar-refractivity contribution in [2.75, 3.05) is 37.6 Å². The van der Waals surface area contributed by atoms with Crippen LogP contribution in [0.5, 0.6) is 0 Å². The fraction of sp³-hybridized carbons (Fsp3) is 0.409. The molecule has 0 atom stereocenters. The highest BCUT2D eigenvalue weighted by atomic mass is 35.5. The molecule has 31 heavy (non-hydrogen) atoms. The van der Waals surface area contributed by atoms with E-state index in [1.165, 1.54) is 0 Å². The number of aliphatic imine (C=N–C) groups is 1. The molecular formula is C22H28ClN7O. The van der Waals surface area contributed by atoms with Gasteiger partial charge in [-0.3, -0.25) is 0 Å². The minimum absolute atomic E-state index is 0.511. The molecule has 9 heteroatoms. The zero-order valence-electron chi connectivity index (χ0n) is 17.7. The standard InChI is InChI=1S/C22H28ClN7O/c1-2-21-27-26-17-30(21)9-8-24-22(25-16-20-7-4-14-31-20)29-12-10-28(11-13-29)19-6-3-5-18(23)15-19/h3-7,14-15,17H,2,8-13,16H2,1H3,(H,24,25). The molecule has 0 saturated carbocycles. The SMILES string of the molecule is CCc1nncn1CCNC(=NCc1ccco1)N1CCN(c2cccc(Cl)c2)CC1. The Morgan fingerprint density at radius 2 is 2.06 bits per heavy atom. The highest BCUT2D eigenvalue weighted by Crippen LogP contribution is 2.20. The van der Waals surface area contributed by atoms with Gasteiger partial charge in [0.15, 0.2) is 5.96 Å². The summed E-state index contributed by atoms with van der Waals surface area (Å²) in [4.78, 5) is 9.48. The van der Waals surface area contributed by atoms with E-state index in [2.05, 4.69) is 42.9 Å². The van der Waals surface area contributed by atoms with Crippen molar-refractivity contribution in [1.82, 2.24) is 25.0 Å². The van der Waals surface area contributed by atoms with Crippen molar-refractivity contribution in [2.45, 2.75) is 26.4 Å². The molecule has 1 aromatic carbocycles. The molecule has 4 rings (SSSR count). The minimum atomic E-state index is 0.511. The highest BCUT2D eigenvalue weighted by Gasteiger charge is 2.20. The van der Waals surface area contributed by atoms with E-state index in [1.807, 2.05) is 30.3 Å². The first-order valence-electron chi connectivity index (χ1n) is 10.7. The summed E-state index contributed by atoms with van der Waals surface area (Å²) in [6.45, 7) is 7.71. The van der Waals surface area contributed by atoms with Crippen LogP contribution in [0, 0.1) is 0 Å². The molecule has 1 N–H and O–H groups in total. The third-order valence-electron chi connectivity index (χ3n) is 5.37. The van der Waals surface area contributed by atoms with Crippen molar-refractivity contribution in [3.8, 4) is 0 Å². The van der Waals surface area contributed by atoms with Gasteiger partial charge in [-0.1, -0.05) is 24.6 Å². The lowest BCUT2D eigenvalue weighted by Crippen LogP contribution is -2.53. The number of anilines is 1. The quantitative estimate of drug-likeness (QED) is 0.448. The van der Waals surface area contributed by atoms with Gasteiger partial charge in [-0.15, -0.1) is 10.2 Å². The second-order valence-corrected chi connectivity index (χ2v) is 7.83. The van der Waals surface area contributed by atoms with Gasteiger partial charge in [-0.2, -0.15) is 0 Å². The largest absolute Gasteiger partial charge is 0.467 e. The van der Waals surface area contributed by atoms with Gasteiger partial charge < -0.3 is 24.1 Å². The number of rotatable bonds is 7. The Labute approximate surface area is 187 Å². The zero-order valence-corrected chi connectivity index (χ0v) is 18.5. The van der Waals surface area contributed by atoms with Gasteiger partial charge in [0, 0.05) is 56.4 Å². The molecule has 0 aliphatic carbocycles. The van der Waals surface area contributed by atoms with Crippen LogP contribution in [0.25, 0.3) is 0 Å². The van der Waals surface area contributed by atoms with E-state index in [-0.39, 0.29) is 0 Å². The van der Waals surface area contributed by atoms with Crippen LogP contribution in [0.15, 0.2) is 58.4 Å². The van der Waals surface area contributed by atoms with Crippen molar-refractivity contribution in [3.63, 3.8) is 0 Å². The highest BCUT2D eigenvalue weighted by molar-refractivity contribution is 6.30. The van der Waals surface area contributed by atoms with Crippen molar-refractivity contribution in [3.05, 3.63) is 65.6 Å². The molecule has 8 nitrogen and oxygen atoms in total. The first kappa shape index (κ1) is 21.2. The average Bonchev–Trinajstić information content (AvgIpc) is 3.48. The summed E-state index contributed by atoms with van der Waals surface area (Å²) in [5.74, 6) is 2.74. The summed E-state index contributed by atoms with van der Waals surface area (Å²) in [6, 6.07) is 11.9. The molecule has 0 bridgehead atoms. The first-order chi connectivity index (χ1) is 15.2. The number of aromatic nitrogens is 3. The molecule has 164 valence electrons. The lowest BCUT2D eigenvalue weighted by Gasteiger charge is -2.37. The molecule has 0 unspecified atom stereocenters. The van der Waals surface area contributed by atoms with Crippen LogP contribution in [0.4, 0.5) is 5.69 Å². The molecule has 1 aliphatic rings. The Kier molecular flexibility index (Phi) is 7.09. The number of halogens is 1. The lowest BCUT2D eigenvalue weighted by molar-refractivity contribution is 0.369. The Balaban J connectivity index is 1.38. The molecule has 1 saturated heterocycles. The van der Waals surface area contributed by atoms with Crippen LogP contribution in [0.2, 0.25) is 5.02 Å². The van der Waals surface area contributed by atoms with E-state index in [0.29, 0.717) is 6.54 Å². The summed E-state index contributed by atoms with van der Waals surface area (Å²) in [5.41, 5.74) is 1.16. The zero-order chi connectivity index (χ0) is 21.5. The van der Waals surface area contributed by atoms with Gasteiger partial charge in [0.25, 0.3) is 0 Å². The van der Waals surface area contributed by atoms with E-state index in [4.69, 9.17) is 21.0 Å². The van der Waals surface area contributed by atoms with Gasteiger partial charge in [0.2, 0.25) is 0 Å². The van der Waals surface area contributed by atoms with Crippen LogP contribution in [-0.4, -0.2) is 58.3 Å². The Hall–Kier alpha value is -3.00. The van der Waals surface area contributed by atoms with Crippen LogP contribution < -0.4 is 10.2 Å². The third-order valence-corrected chi connectivity index (χ3v) is 5.60. The van der Waals surface area contributed by atoms with Crippen molar-refractivity contribution in [1.29, 1.82) is 0 Å². The van der Waals surface area contributed by atoms with Crippen molar-refractivity contribution >= 4 is 23.2 Å². The number of nitrogens with zero attached hydrogens (tertiary/aromatic N) is 6. The first-order valence-corrected chi connectivity index (χ1v) is 11.0. The van der Waals surface area contributed by atoms with Crippen LogP contribution in [-0.2, 0) is 19.5 Å². The van der Waals surface area contributed by atoms with Gasteiger partial charge in [-0.05, 0) is 30.3 Å². The summed E-state index contributed by atoms with van der Waals surface area (Å²) >= 11 is 6.17. The number of nitrogens with one attached hydrogen (secondary N) is 1. The number of hydrogen-bond acceptors (Lipinski definition) is 5. The van der Waals surface area contributed by atoms with Crippen LogP contribution >= 0.6 is 11.6 Å². The minimum Gasteiger partial charge on any atom is -0.467 e. The second-order valence-electron chi connectivity index (χ2n) is 7.39. The van der Waals surface area contributed by atoms with Crippen LogP contribution in [0.3, 0.4) is 0 Å². The Morgan fingerprint density at radius 3 is 2.81 bits per heavy atom. The predicted octanol–water partition coefficient (Wildman–Crippen LogP) is 3.05. The number of aryl methyl sites for hydroxylation is 1. The number of furan rings is 1.